The lowest BCUT2D eigenvalue weighted by Gasteiger charge is -2.12. The molecule has 29 heavy (non-hydrogen) atoms. The fourth-order valence-corrected chi connectivity index (χ4v) is 3.70. The Morgan fingerprint density at radius 2 is 1.69 bits per heavy atom. The number of aromatic nitrogens is 2. The fraction of sp³-hybridized carbons (Fsp3) is 0.200. The molecule has 0 bridgehead atoms. The van der Waals surface area contributed by atoms with E-state index < -0.39 is 0 Å². The summed E-state index contributed by atoms with van der Waals surface area (Å²) in [6.07, 6.45) is 0. The Hall–Kier alpha value is -3.33. The summed E-state index contributed by atoms with van der Waals surface area (Å²) >= 11 is 1.27. The van der Waals surface area contributed by atoms with Gasteiger partial charge in [-0.2, -0.15) is 0 Å². The molecule has 8 nitrogen and oxygen atoms in total. The van der Waals surface area contributed by atoms with Crippen LogP contribution in [0.1, 0.15) is 20.7 Å². The zero-order chi connectivity index (χ0) is 20.4. The van der Waals surface area contributed by atoms with E-state index in [4.69, 9.17) is 13.9 Å². The minimum atomic E-state index is -0.277. The maximum Gasteiger partial charge on any atom is 0.276 e. The van der Waals surface area contributed by atoms with E-state index in [1.165, 1.54) is 16.7 Å². The van der Waals surface area contributed by atoms with Crippen LogP contribution in [0.25, 0.3) is 11.5 Å². The van der Waals surface area contributed by atoms with E-state index in [9.17, 15) is 9.59 Å². The molecule has 1 aromatic heterocycles. The van der Waals surface area contributed by atoms with Crippen LogP contribution in [0.3, 0.4) is 0 Å². The Kier molecular flexibility index (Phi) is 5.22. The maximum absolute atomic E-state index is 12.4. The second kappa shape index (κ2) is 7.96. The van der Waals surface area contributed by atoms with Gasteiger partial charge >= 0.3 is 0 Å². The molecule has 0 saturated carbocycles. The van der Waals surface area contributed by atoms with Crippen LogP contribution in [-0.4, -0.2) is 53.4 Å². The highest BCUT2D eigenvalue weighted by Crippen LogP contribution is 2.33. The number of hydrogen-bond donors (Lipinski definition) is 0. The van der Waals surface area contributed by atoms with Crippen molar-refractivity contribution in [2.75, 3.05) is 26.5 Å². The summed E-state index contributed by atoms with van der Waals surface area (Å²) in [5.74, 6) is 1.40. The number of methoxy groups -OCH3 is 2. The number of ether oxygens (including phenoxy) is 2. The molecular formula is C20H17N3O5S. The van der Waals surface area contributed by atoms with Crippen molar-refractivity contribution in [3.8, 4) is 23.0 Å². The summed E-state index contributed by atoms with van der Waals surface area (Å²) in [4.78, 5) is 26.0. The molecule has 0 atom stereocenters. The van der Waals surface area contributed by atoms with E-state index in [1.807, 2.05) is 0 Å². The quantitative estimate of drug-likeness (QED) is 0.432. The van der Waals surface area contributed by atoms with E-state index in [0.29, 0.717) is 45.1 Å². The van der Waals surface area contributed by atoms with E-state index in [0.717, 1.165) is 0 Å². The van der Waals surface area contributed by atoms with E-state index in [2.05, 4.69) is 10.2 Å². The first kappa shape index (κ1) is 19.0. The molecule has 2 heterocycles. The smallest absolute Gasteiger partial charge is 0.276 e. The summed E-state index contributed by atoms with van der Waals surface area (Å²) < 4.78 is 16.2. The normalized spacial score (nSPS) is 13.0. The number of thioether (sulfide) groups is 1. The molecule has 9 heteroatoms. The fourth-order valence-electron chi connectivity index (χ4n) is 3.02. The number of carbonyl (C=O) groups is 2. The van der Waals surface area contributed by atoms with Gasteiger partial charge in [0.25, 0.3) is 22.9 Å². The highest BCUT2D eigenvalue weighted by Gasteiger charge is 2.34. The summed E-state index contributed by atoms with van der Waals surface area (Å²) in [6.45, 7) is 0.251. The second-order valence-corrected chi connectivity index (χ2v) is 7.14. The molecule has 148 valence electrons. The highest BCUT2D eigenvalue weighted by atomic mass is 32.2. The molecule has 1 aliphatic heterocycles. The van der Waals surface area contributed by atoms with Crippen molar-refractivity contribution in [1.82, 2.24) is 15.1 Å². The number of imide groups is 1. The number of fused-ring (bicyclic) bond motifs is 1. The van der Waals surface area contributed by atoms with Gasteiger partial charge in [0.05, 0.1) is 30.9 Å². The molecule has 0 fully saturated rings. The van der Waals surface area contributed by atoms with Crippen LogP contribution in [0.4, 0.5) is 0 Å². The second-order valence-electron chi connectivity index (χ2n) is 6.10. The van der Waals surface area contributed by atoms with Crippen molar-refractivity contribution in [1.29, 1.82) is 0 Å². The predicted octanol–water partition coefficient (Wildman–Crippen LogP) is 3.14. The lowest BCUT2D eigenvalue weighted by atomic mass is 10.1. The van der Waals surface area contributed by atoms with Crippen LogP contribution >= 0.6 is 11.8 Å². The molecule has 2 aromatic carbocycles. The van der Waals surface area contributed by atoms with Gasteiger partial charge in [0, 0.05) is 18.4 Å². The van der Waals surface area contributed by atoms with Crippen molar-refractivity contribution in [2.45, 2.75) is 5.22 Å². The average Bonchev–Trinajstić information content (AvgIpc) is 3.32. The molecule has 0 radical (unpaired) electrons. The third-order valence-electron chi connectivity index (χ3n) is 4.46. The number of nitrogens with zero attached hydrogens (tertiary/aromatic N) is 3. The Balaban J connectivity index is 1.41. The summed E-state index contributed by atoms with van der Waals surface area (Å²) in [7, 11) is 3.12. The SMILES string of the molecule is COc1ccc(-c2nnc(SCCN3C(=O)c4ccccc4C3=O)o2)c(OC)c1. The third-order valence-corrected chi connectivity index (χ3v) is 5.26. The van der Waals surface area contributed by atoms with Crippen molar-refractivity contribution in [3.63, 3.8) is 0 Å². The maximum atomic E-state index is 12.4. The van der Waals surface area contributed by atoms with E-state index >= 15 is 0 Å². The van der Waals surface area contributed by atoms with E-state index in [1.54, 1.807) is 56.7 Å². The number of rotatable bonds is 7. The molecular weight excluding hydrogens is 394 g/mol. The Morgan fingerprint density at radius 1 is 0.966 bits per heavy atom. The molecule has 0 spiro atoms. The first-order chi connectivity index (χ1) is 14.1. The lowest BCUT2D eigenvalue weighted by molar-refractivity contribution is 0.0664. The van der Waals surface area contributed by atoms with Crippen LogP contribution in [0.2, 0.25) is 0 Å². The first-order valence-corrected chi connectivity index (χ1v) is 9.75. The molecule has 0 N–H and O–H groups in total. The zero-order valence-corrected chi connectivity index (χ0v) is 16.6. The summed E-state index contributed by atoms with van der Waals surface area (Å²) in [5, 5.41) is 8.42. The summed E-state index contributed by atoms with van der Waals surface area (Å²) in [5.41, 5.74) is 1.52. The van der Waals surface area contributed by atoms with Gasteiger partial charge < -0.3 is 13.9 Å². The van der Waals surface area contributed by atoms with Crippen LogP contribution in [-0.2, 0) is 0 Å². The Labute approximate surface area is 170 Å². The molecule has 3 aromatic rings. The van der Waals surface area contributed by atoms with Gasteiger partial charge in [-0.05, 0) is 24.3 Å². The third kappa shape index (κ3) is 3.56. The van der Waals surface area contributed by atoms with E-state index in [-0.39, 0.29) is 18.4 Å². The Morgan fingerprint density at radius 3 is 2.34 bits per heavy atom. The topological polar surface area (TPSA) is 94.8 Å². The van der Waals surface area contributed by atoms with Gasteiger partial charge in [0.2, 0.25) is 0 Å². The van der Waals surface area contributed by atoms with Crippen LogP contribution in [0, 0.1) is 0 Å². The largest absolute Gasteiger partial charge is 0.497 e. The molecule has 4 rings (SSSR count). The van der Waals surface area contributed by atoms with Gasteiger partial charge in [-0.1, -0.05) is 23.9 Å². The standard InChI is InChI=1S/C20H17N3O5S/c1-26-12-7-8-15(16(11-12)27-2)17-21-22-20(28-17)29-10-9-23-18(24)13-5-3-4-6-14(13)19(23)25/h3-8,11H,9-10H2,1-2H3. The van der Waals surface area contributed by atoms with Gasteiger partial charge in [-0.3, -0.25) is 14.5 Å². The number of amides is 2. The average molecular weight is 411 g/mol. The zero-order valence-electron chi connectivity index (χ0n) is 15.7. The van der Waals surface area contributed by atoms with Crippen LogP contribution in [0.15, 0.2) is 52.1 Å². The minimum absolute atomic E-state index is 0.251. The number of benzene rings is 2. The van der Waals surface area contributed by atoms with Crippen LogP contribution in [0.5, 0.6) is 11.5 Å². The van der Waals surface area contributed by atoms with Crippen molar-refractivity contribution in [3.05, 3.63) is 53.6 Å². The molecule has 0 unspecified atom stereocenters. The lowest BCUT2D eigenvalue weighted by Crippen LogP contribution is -2.31. The molecule has 0 aliphatic carbocycles. The van der Waals surface area contributed by atoms with Crippen LogP contribution < -0.4 is 9.47 Å². The molecule has 2 amide bonds. The van der Waals surface area contributed by atoms with Gasteiger partial charge in [-0.25, -0.2) is 0 Å². The van der Waals surface area contributed by atoms with Gasteiger partial charge in [0.1, 0.15) is 11.5 Å². The van der Waals surface area contributed by atoms with Crippen molar-refractivity contribution in [2.24, 2.45) is 0 Å². The highest BCUT2D eigenvalue weighted by molar-refractivity contribution is 7.99. The van der Waals surface area contributed by atoms with Gasteiger partial charge in [-0.15, -0.1) is 10.2 Å². The summed E-state index contributed by atoms with van der Waals surface area (Å²) in [6, 6.07) is 12.1. The molecule has 0 saturated heterocycles. The van der Waals surface area contributed by atoms with Gasteiger partial charge in [0.15, 0.2) is 0 Å². The van der Waals surface area contributed by atoms with Crippen molar-refractivity contribution < 1.29 is 23.5 Å². The number of hydrogen-bond acceptors (Lipinski definition) is 8. The number of carbonyl (C=O) groups excluding carboxylic acids is 2. The monoisotopic (exact) mass is 411 g/mol. The minimum Gasteiger partial charge on any atom is -0.497 e. The molecule has 1 aliphatic rings. The Bertz CT molecular complexity index is 1050. The predicted molar refractivity (Wildman–Crippen MR) is 105 cm³/mol. The van der Waals surface area contributed by atoms with Crippen molar-refractivity contribution >= 4 is 23.6 Å². The first-order valence-electron chi connectivity index (χ1n) is 8.76.